The zero-order valence-corrected chi connectivity index (χ0v) is 33.7. The van der Waals surface area contributed by atoms with E-state index in [0.29, 0.717) is 19.3 Å². The normalized spacial score (nSPS) is 26.8. The molecule has 0 aromatic carbocycles. The number of nitrogens with one attached hydrogen (secondary N) is 8. The molecule has 0 radical (unpaired) electrons. The fourth-order valence-electron chi connectivity index (χ4n) is 5.78. The molecule has 0 aliphatic carbocycles. The van der Waals surface area contributed by atoms with Gasteiger partial charge in [0.2, 0.25) is 47.3 Å². The summed E-state index contributed by atoms with van der Waals surface area (Å²) in [6, 6.07) is -7.04. The molecule has 1 heterocycles. The third-order valence-electron chi connectivity index (χ3n) is 9.76. The maximum absolute atomic E-state index is 13.8. The zero-order valence-electron chi connectivity index (χ0n) is 33.7. The van der Waals surface area contributed by atoms with Crippen LogP contribution in [0.15, 0.2) is 0 Å². The van der Waals surface area contributed by atoms with Crippen LogP contribution in [0.4, 0.5) is 0 Å². The van der Waals surface area contributed by atoms with E-state index in [9.17, 15) is 43.5 Å². The van der Waals surface area contributed by atoms with Gasteiger partial charge in [-0.05, 0) is 42.4 Å². The van der Waals surface area contributed by atoms with E-state index < -0.39 is 115 Å². The Hall–Kier alpha value is -4.28. The molecule has 1 rings (SSSR count). The van der Waals surface area contributed by atoms with Gasteiger partial charge in [-0.2, -0.15) is 0 Å². The molecule has 1 aliphatic rings. The van der Waals surface area contributed by atoms with Crippen LogP contribution in [0.3, 0.4) is 0 Å². The quantitative estimate of drug-likeness (QED) is 0.130. The third-order valence-corrected chi connectivity index (χ3v) is 9.76. The summed E-state index contributed by atoms with van der Waals surface area (Å²) < 4.78 is 0. The molecule has 0 saturated carbocycles. The Kier molecular flexibility index (Phi) is 20.8. The van der Waals surface area contributed by atoms with E-state index in [2.05, 4.69) is 42.5 Å². The largest absolute Gasteiger partial charge is 0.394 e. The first-order valence-corrected chi connectivity index (χ1v) is 19.3. The molecule has 17 heteroatoms. The average molecular weight is 767 g/mol. The van der Waals surface area contributed by atoms with E-state index in [1.54, 1.807) is 27.7 Å². The number of aliphatic hydroxyl groups is 1. The van der Waals surface area contributed by atoms with Gasteiger partial charge in [0.15, 0.2) is 0 Å². The molecule has 308 valence electrons. The lowest BCUT2D eigenvalue weighted by atomic mass is 9.94. The summed E-state index contributed by atoms with van der Waals surface area (Å²) in [6.45, 7) is 16.1. The van der Waals surface area contributed by atoms with Crippen molar-refractivity contribution < 1.29 is 43.5 Å². The van der Waals surface area contributed by atoms with Crippen LogP contribution < -0.4 is 42.5 Å². The van der Waals surface area contributed by atoms with Crippen molar-refractivity contribution >= 4 is 47.3 Å². The van der Waals surface area contributed by atoms with Crippen molar-refractivity contribution in [3.8, 4) is 0 Å². The number of amides is 8. The van der Waals surface area contributed by atoms with Gasteiger partial charge in [-0.25, -0.2) is 0 Å². The van der Waals surface area contributed by atoms with Gasteiger partial charge in [0.05, 0.1) is 19.7 Å². The first-order valence-electron chi connectivity index (χ1n) is 19.3. The second-order valence-corrected chi connectivity index (χ2v) is 15.3. The first-order chi connectivity index (χ1) is 25.3. The highest BCUT2D eigenvalue weighted by Crippen LogP contribution is 2.15. The number of carbonyl (C=O) groups is 8. The molecular weight excluding hydrogens is 700 g/mol. The van der Waals surface area contributed by atoms with Crippen molar-refractivity contribution in [1.82, 2.24) is 42.5 Å². The zero-order chi connectivity index (χ0) is 41.3. The molecule has 8 amide bonds. The highest BCUT2D eigenvalue weighted by molar-refractivity contribution is 5.98. The molecule has 54 heavy (non-hydrogen) atoms. The molecule has 1 aliphatic heterocycles. The molecule has 1 saturated heterocycles. The monoisotopic (exact) mass is 766 g/mol. The fourth-order valence-corrected chi connectivity index (χ4v) is 5.78. The molecule has 0 aromatic heterocycles. The second-order valence-electron chi connectivity index (χ2n) is 15.3. The molecule has 1 fully saturated rings. The third kappa shape index (κ3) is 15.6. The van der Waals surface area contributed by atoms with Crippen LogP contribution >= 0.6 is 0 Å². The smallest absolute Gasteiger partial charge is 0.245 e. The predicted molar refractivity (Wildman–Crippen MR) is 202 cm³/mol. The maximum Gasteiger partial charge on any atom is 0.245 e. The number of hydrogen-bond donors (Lipinski definition) is 9. The fraction of sp³-hybridized carbons (Fsp3) is 0.784. The Balaban J connectivity index is 3.65. The summed E-state index contributed by atoms with van der Waals surface area (Å²) >= 11 is 0. The highest BCUT2D eigenvalue weighted by atomic mass is 16.3. The molecular formula is C37H66N8O9. The summed E-state index contributed by atoms with van der Waals surface area (Å²) in [4.78, 5) is 107. The lowest BCUT2D eigenvalue weighted by Gasteiger charge is -2.31. The van der Waals surface area contributed by atoms with Crippen LogP contribution in [0.1, 0.15) is 101 Å². The summed E-state index contributed by atoms with van der Waals surface area (Å²) in [6.07, 6.45) is 1.80. The standard InChI is InChI=1S/C37H66N8O9/c1-11-21(8)29-35(52)41-24(14-19(4)5)32(49)38-16-27(47)40-26(18-46)34(51)44-31(23(10)13-3)37(54)45-30(22(9)12-2)36(53)42-25(15-20(6)7)33(50)39-17-28(48)43-29/h19-26,29-31,46H,11-18H2,1-10H3,(H,38,49)(H,39,50)(H,40,47)(H,41,52)(H,42,53)(H,43,48)(H,44,51)(H,45,54)/t21-,22-,23-,24-,25-,26-,29-,30-,31-/m0/s1. The summed E-state index contributed by atoms with van der Waals surface area (Å²) in [7, 11) is 0. The van der Waals surface area contributed by atoms with E-state index in [4.69, 9.17) is 0 Å². The van der Waals surface area contributed by atoms with Gasteiger partial charge in [-0.1, -0.05) is 88.5 Å². The Morgan fingerprint density at radius 1 is 0.463 bits per heavy atom. The van der Waals surface area contributed by atoms with Crippen LogP contribution in [-0.4, -0.2) is 108 Å². The van der Waals surface area contributed by atoms with Gasteiger partial charge in [-0.3, -0.25) is 38.4 Å². The Morgan fingerprint density at radius 2 is 0.796 bits per heavy atom. The minimum atomic E-state index is -1.49. The summed E-state index contributed by atoms with van der Waals surface area (Å²) in [5.74, 6) is -6.99. The van der Waals surface area contributed by atoms with Crippen LogP contribution in [0.2, 0.25) is 0 Å². The Bertz CT molecular complexity index is 1310. The van der Waals surface area contributed by atoms with Crippen molar-refractivity contribution in [3.63, 3.8) is 0 Å². The van der Waals surface area contributed by atoms with E-state index in [1.165, 1.54) is 0 Å². The van der Waals surface area contributed by atoms with E-state index in [1.807, 2.05) is 41.5 Å². The summed E-state index contributed by atoms with van der Waals surface area (Å²) in [5, 5.41) is 30.8. The highest BCUT2D eigenvalue weighted by Gasteiger charge is 2.36. The number of rotatable bonds is 11. The maximum atomic E-state index is 13.8. The predicted octanol–water partition coefficient (Wildman–Crippen LogP) is -0.636. The van der Waals surface area contributed by atoms with E-state index in [-0.39, 0.29) is 30.6 Å². The molecule has 0 unspecified atom stereocenters. The van der Waals surface area contributed by atoms with Crippen LogP contribution in [0.5, 0.6) is 0 Å². The minimum absolute atomic E-state index is 0.0576. The van der Waals surface area contributed by atoms with Gasteiger partial charge in [0.1, 0.15) is 36.3 Å². The molecule has 0 spiro atoms. The molecule has 9 N–H and O–H groups in total. The van der Waals surface area contributed by atoms with E-state index >= 15 is 0 Å². The Labute approximate surface area is 319 Å². The topological polar surface area (TPSA) is 253 Å². The number of carbonyl (C=O) groups excluding carboxylic acids is 8. The molecule has 9 atom stereocenters. The number of hydrogen-bond acceptors (Lipinski definition) is 9. The lowest BCUT2D eigenvalue weighted by Crippen LogP contribution is -2.62. The number of aliphatic hydroxyl groups excluding tert-OH is 1. The van der Waals surface area contributed by atoms with Gasteiger partial charge >= 0.3 is 0 Å². The van der Waals surface area contributed by atoms with Crippen molar-refractivity contribution in [2.75, 3.05) is 19.7 Å². The molecule has 0 aromatic rings. The van der Waals surface area contributed by atoms with Crippen LogP contribution in [0.25, 0.3) is 0 Å². The van der Waals surface area contributed by atoms with Crippen molar-refractivity contribution in [2.24, 2.45) is 29.6 Å². The van der Waals surface area contributed by atoms with Gasteiger partial charge in [-0.15, -0.1) is 0 Å². The van der Waals surface area contributed by atoms with Crippen molar-refractivity contribution in [1.29, 1.82) is 0 Å². The average Bonchev–Trinajstić information content (AvgIpc) is 3.12. The SMILES string of the molecule is CC[C@H](C)[C@@H]1NC(=O)CNC(=O)[C@H](CC(C)C)NC(=O)[C@H]([C@@H](C)CC)NC(=O)[C@H]([C@@H](C)CC)NC(=O)[C@H](CO)NC(=O)CNC(=O)[C@H](CC(C)C)NC1=O. The minimum Gasteiger partial charge on any atom is -0.394 e. The lowest BCUT2D eigenvalue weighted by molar-refractivity contribution is -0.137. The van der Waals surface area contributed by atoms with Gasteiger partial charge < -0.3 is 47.6 Å². The van der Waals surface area contributed by atoms with Gasteiger partial charge in [0, 0.05) is 0 Å². The second kappa shape index (κ2) is 23.5. The summed E-state index contributed by atoms with van der Waals surface area (Å²) in [5.41, 5.74) is 0. The van der Waals surface area contributed by atoms with Crippen molar-refractivity contribution in [3.05, 3.63) is 0 Å². The van der Waals surface area contributed by atoms with Crippen molar-refractivity contribution in [2.45, 2.75) is 138 Å². The Morgan fingerprint density at radius 3 is 1.15 bits per heavy atom. The van der Waals surface area contributed by atoms with Crippen LogP contribution in [-0.2, 0) is 38.4 Å². The first kappa shape index (κ1) is 47.7. The van der Waals surface area contributed by atoms with Crippen LogP contribution in [0, 0.1) is 29.6 Å². The molecule has 17 nitrogen and oxygen atoms in total. The van der Waals surface area contributed by atoms with Gasteiger partial charge in [0.25, 0.3) is 0 Å². The van der Waals surface area contributed by atoms with E-state index in [0.717, 1.165) is 0 Å². The molecule has 0 bridgehead atoms.